The van der Waals surface area contributed by atoms with Crippen molar-refractivity contribution in [1.29, 1.82) is 0 Å². The molecule has 5 nitrogen and oxygen atoms in total. The summed E-state index contributed by atoms with van der Waals surface area (Å²) in [5, 5.41) is 0. The van der Waals surface area contributed by atoms with E-state index in [9.17, 15) is 9.59 Å². The molecule has 0 spiro atoms. The highest BCUT2D eigenvalue weighted by Gasteiger charge is 2.20. The standard InChI is InChI=1S/C14H19N3O2/c1-11(18)12-2-4-13(5-3-12)16-6-8-17(9-7-16)14(19)10-15/h2-5H,6-10,15H2,1H3. The van der Waals surface area contributed by atoms with Crippen LogP contribution in [0.5, 0.6) is 0 Å². The lowest BCUT2D eigenvalue weighted by molar-refractivity contribution is -0.129. The van der Waals surface area contributed by atoms with E-state index < -0.39 is 0 Å². The topological polar surface area (TPSA) is 66.6 Å². The van der Waals surface area contributed by atoms with Crippen LogP contribution >= 0.6 is 0 Å². The van der Waals surface area contributed by atoms with Crippen LogP contribution in [0.25, 0.3) is 0 Å². The van der Waals surface area contributed by atoms with Gasteiger partial charge in [-0.1, -0.05) is 0 Å². The van der Waals surface area contributed by atoms with Crippen molar-refractivity contribution in [3.63, 3.8) is 0 Å². The molecular formula is C14H19N3O2. The van der Waals surface area contributed by atoms with E-state index in [0.29, 0.717) is 13.1 Å². The summed E-state index contributed by atoms with van der Waals surface area (Å²) in [5.41, 5.74) is 7.17. The van der Waals surface area contributed by atoms with Gasteiger partial charge >= 0.3 is 0 Å². The predicted molar refractivity (Wildman–Crippen MR) is 74.3 cm³/mol. The van der Waals surface area contributed by atoms with E-state index >= 15 is 0 Å². The van der Waals surface area contributed by atoms with Crippen LogP contribution < -0.4 is 10.6 Å². The summed E-state index contributed by atoms with van der Waals surface area (Å²) in [7, 11) is 0. The van der Waals surface area contributed by atoms with Crippen LogP contribution in [0.15, 0.2) is 24.3 Å². The van der Waals surface area contributed by atoms with E-state index in [1.165, 1.54) is 0 Å². The first-order valence-electron chi connectivity index (χ1n) is 6.45. The molecule has 1 fully saturated rings. The molecule has 1 heterocycles. The number of amides is 1. The molecule has 0 atom stereocenters. The van der Waals surface area contributed by atoms with E-state index in [2.05, 4.69) is 4.90 Å². The molecule has 1 saturated heterocycles. The van der Waals surface area contributed by atoms with Crippen molar-refractivity contribution in [1.82, 2.24) is 4.90 Å². The van der Waals surface area contributed by atoms with E-state index in [0.717, 1.165) is 24.3 Å². The molecule has 1 aliphatic rings. The van der Waals surface area contributed by atoms with Crippen molar-refractivity contribution >= 4 is 17.4 Å². The number of rotatable bonds is 3. The fourth-order valence-electron chi connectivity index (χ4n) is 2.25. The zero-order valence-electron chi connectivity index (χ0n) is 11.1. The highest BCUT2D eigenvalue weighted by atomic mass is 16.2. The van der Waals surface area contributed by atoms with Gasteiger partial charge in [0.15, 0.2) is 5.78 Å². The van der Waals surface area contributed by atoms with E-state index in [1.54, 1.807) is 11.8 Å². The van der Waals surface area contributed by atoms with Crippen LogP contribution in [0.1, 0.15) is 17.3 Å². The van der Waals surface area contributed by atoms with Crippen molar-refractivity contribution < 1.29 is 9.59 Å². The lowest BCUT2D eigenvalue weighted by Crippen LogP contribution is -2.50. The van der Waals surface area contributed by atoms with Crippen LogP contribution in [0.4, 0.5) is 5.69 Å². The summed E-state index contributed by atoms with van der Waals surface area (Å²) in [6.45, 7) is 4.63. The first-order chi connectivity index (χ1) is 9.11. The summed E-state index contributed by atoms with van der Waals surface area (Å²) in [5.74, 6) is 0.0801. The second kappa shape index (κ2) is 5.84. The Hall–Kier alpha value is -1.88. The molecule has 0 saturated carbocycles. The molecule has 1 aromatic rings. The Labute approximate surface area is 113 Å². The maximum absolute atomic E-state index is 11.5. The number of nitrogens with zero attached hydrogens (tertiary/aromatic N) is 2. The molecule has 102 valence electrons. The van der Waals surface area contributed by atoms with Gasteiger partial charge in [0.1, 0.15) is 0 Å². The Morgan fingerprint density at radius 1 is 1.11 bits per heavy atom. The Morgan fingerprint density at radius 3 is 2.16 bits per heavy atom. The normalized spacial score (nSPS) is 15.5. The van der Waals surface area contributed by atoms with Crippen molar-refractivity contribution in [2.45, 2.75) is 6.92 Å². The average Bonchev–Trinajstić information content (AvgIpc) is 2.46. The van der Waals surface area contributed by atoms with Crippen molar-refractivity contribution in [3.05, 3.63) is 29.8 Å². The minimum absolute atomic E-state index is 0.00609. The number of carbonyl (C=O) groups is 2. The third-order valence-electron chi connectivity index (χ3n) is 3.45. The second-order valence-electron chi connectivity index (χ2n) is 4.68. The minimum atomic E-state index is 0.00609. The zero-order valence-corrected chi connectivity index (χ0v) is 11.1. The Balaban J connectivity index is 1.97. The molecule has 1 aromatic carbocycles. The van der Waals surface area contributed by atoms with Crippen LogP contribution in [0, 0.1) is 0 Å². The number of Topliss-reactive ketones (excluding diaryl/α,β-unsaturated/α-hetero) is 1. The predicted octanol–water partition coefficient (Wildman–Crippen LogP) is 0.497. The third kappa shape index (κ3) is 3.12. The van der Waals surface area contributed by atoms with Crippen molar-refractivity contribution in [2.24, 2.45) is 5.73 Å². The fraction of sp³-hybridized carbons (Fsp3) is 0.429. The molecule has 19 heavy (non-hydrogen) atoms. The Kier molecular flexibility index (Phi) is 4.16. The van der Waals surface area contributed by atoms with Gasteiger partial charge in [0, 0.05) is 37.4 Å². The first kappa shape index (κ1) is 13.5. The van der Waals surface area contributed by atoms with Crippen LogP contribution in [-0.4, -0.2) is 49.3 Å². The van der Waals surface area contributed by atoms with Crippen LogP contribution in [-0.2, 0) is 4.79 Å². The molecule has 5 heteroatoms. The molecule has 0 radical (unpaired) electrons. The molecule has 2 N–H and O–H groups in total. The van der Waals surface area contributed by atoms with Gasteiger partial charge in [0.05, 0.1) is 6.54 Å². The average molecular weight is 261 g/mol. The SMILES string of the molecule is CC(=O)c1ccc(N2CCN(C(=O)CN)CC2)cc1. The number of piperazine rings is 1. The number of ketones is 1. The Morgan fingerprint density at radius 2 is 1.68 bits per heavy atom. The maximum Gasteiger partial charge on any atom is 0.236 e. The quantitative estimate of drug-likeness (QED) is 0.804. The zero-order chi connectivity index (χ0) is 13.8. The van der Waals surface area contributed by atoms with Crippen molar-refractivity contribution in [3.8, 4) is 0 Å². The second-order valence-corrected chi connectivity index (χ2v) is 4.68. The van der Waals surface area contributed by atoms with Crippen LogP contribution in [0.2, 0.25) is 0 Å². The fourth-order valence-corrected chi connectivity index (χ4v) is 2.25. The minimum Gasteiger partial charge on any atom is -0.368 e. The molecular weight excluding hydrogens is 242 g/mol. The molecule has 0 aromatic heterocycles. The smallest absolute Gasteiger partial charge is 0.236 e. The van der Waals surface area contributed by atoms with E-state index in [4.69, 9.17) is 5.73 Å². The van der Waals surface area contributed by atoms with Crippen LogP contribution in [0.3, 0.4) is 0 Å². The molecule has 1 aliphatic heterocycles. The number of hydrogen-bond acceptors (Lipinski definition) is 4. The molecule has 0 unspecified atom stereocenters. The largest absolute Gasteiger partial charge is 0.368 e. The summed E-state index contributed by atoms with van der Waals surface area (Å²) in [4.78, 5) is 26.7. The highest BCUT2D eigenvalue weighted by molar-refractivity contribution is 5.94. The molecule has 0 bridgehead atoms. The summed E-state index contributed by atoms with van der Waals surface area (Å²) >= 11 is 0. The van der Waals surface area contributed by atoms with Gasteiger partial charge in [-0.05, 0) is 31.2 Å². The first-order valence-corrected chi connectivity index (χ1v) is 6.45. The Bertz CT molecular complexity index is 462. The van der Waals surface area contributed by atoms with Gasteiger partial charge in [-0.2, -0.15) is 0 Å². The molecule has 2 rings (SSSR count). The number of nitrogens with two attached hydrogens (primary N) is 1. The number of benzene rings is 1. The lowest BCUT2D eigenvalue weighted by Gasteiger charge is -2.36. The monoisotopic (exact) mass is 261 g/mol. The highest BCUT2D eigenvalue weighted by Crippen LogP contribution is 2.17. The van der Waals surface area contributed by atoms with E-state index in [-0.39, 0.29) is 18.2 Å². The van der Waals surface area contributed by atoms with Gasteiger partial charge in [0.2, 0.25) is 5.91 Å². The summed E-state index contributed by atoms with van der Waals surface area (Å²) in [6.07, 6.45) is 0. The third-order valence-corrected chi connectivity index (χ3v) is 3.45. The van der Waals surface area contributed by atoms with E-state index in [1.807, 2.05) is 24.3 Å². The number of carbonyl (C=O) groups excluding carboxylic acids is 2. The van der Waals surface area contributed by atoms with Gasteiger partial charge in [0.25, 0.3) is 0 Å². The maximum atomic E-state index is 11.5. The number of hydrogen-bond donors (Lipinski definition) is 1. The van der Waals surface area contributed by atoms with Gasteiger partial charge < -0.3 is 15.5 Å². The van der Waals surface area contributed by atoms with Gasteiger partial charge in [-0.25, -0.2) is 0 Å². The van der Waals surface area contributed by atoms with Crippen molar-refractivity contribution in [2.75, 3.05) is 37.6 Å². The lowest BCUT2D eigenvalue weighted by atomic mass is 10.1. The molecule has 0 aliphatic carbocycles. The van der Waals surface area contributed by atoms with Gasteiger partial charge in [-0.3, -0.25) is 9.59 Å². The summed E-state index contributed by atoms with van der Waals surface area (Å²) < 4.78 is 0. The molecule has 1 amide bonds. The van der Waals surface area contributed by atoms with Gasteiger partial charge in [-0.15, -0.1) is 0 Å². The number of anilines is 1. The summed E-state index contributed by atoms with van der Waals surface area (Å²) in [6, 6.07) is 7.60.